The van der Waals surface area contributed by atoms with E-state index in [0.29, 0.717) is 11.6 Å². The fourth-order valence-corrected chi connectivity index (χ4v) is 3.45. The van der Waals surface area contributed by atoms with E-state index in [4.69, 9.17) is 9.40 Å². The minimum atomic E-state index is -0.222. The molecule has 3 aromatic heterocycles. The van der Waals surface area contributed by atoms with Crippen molar-refractivity contribution >= 4 is 5.91 Å². The molecular weight excluding hydrogens is 328 g/mol. The van der Waals surface area contributed by atoms with Gasteiger partial charge in [-0.1, -0.05) is 13.8 Å². The Morgan fingerprint density at radius 1 is 1.27 bits per heavy atom. The van der Waals surface area contributed by atoms with Gasteiger partial charge in [0.25, 0.3) is 5.91 Å². The van der Waals surface area contributed by atoms with Crippen molar-refractivity contribution in [3.05, 3.63) is 66.1 Å². The molecule has 0 aliphatic heterocycles. The van der Waals surface area contributed by atoms with Gasteiger partial charge in [0.1, 0.15) is 0 Å². The van der Waals surface area contributed by atoms with Crippen LogP contribution in [0.2, 0.25) is 0 Å². The molecule has 3 aromatic rings. The highest BCUT2D eigenvalue weighted by atomic mass is 16.3. The zero-order valence-corrected chi connectivity index (χ0v) is 14.8. The van der Waals surface area contributed by atoms with E-state index in [2.05, 4.69) is 29.1 Å². The van der Waals surface area contributed by atoms with E-state index in [0.717, 1.165) is 29.7 Å². The zero-order chi connectivity index (χ0) is 18.1. The first-order valence-electron chi connectivity index (χ1n) is 8.62. The lowest BCUT2D eigenvalue weighted by Crippen LogP contribution is -2.37. The van der Waals surface area contributed by atoms with Crippen LogP contribution < -0.4 is 5.32 Å². The van der Waals surface area contributed by atoms with Crippen LogP contribution in [0.3, 0.4) is 0 Å². The molecule has 4 rings (SSSR count). The van der Waals surface area contributed by atoms with Crippen LogP contribution in [-0.2, 0) is 6.42 Å². The number of furan rings is 1. The highest BCUT2D eigenvalue weighted by Gasteiger charge is 2.35. The SMILES string of the molecule is CC1(C)Cc2nc(-c3cccnc3)ncc2[C@@H](NC(=O)c2ccco2)C1. The fourth-order valence-electron chi connectivity index (χ4n) is 3.45. The van der Waals surface area contributed by atoms with E-state index >= 15 is 0 Å². The third-order valence-electron chi connectivity index (χ3n) is 4.65. The maximum absolute atomic E-state index is 12.4. The second-order valence-electron chi connectivity index (χ2n) is 7.39. The molecule has 1 N–H and O–H groups in total. The molecule has 1 atom stereocenters. The van der Waals surface area contributed by atoms with Gasteiger partial charge in [-0.15, -0.1) is 0 Å². The Morgan fingerprint density at radius 2 is 2.15 bits per heavy atom. The van der Waals surface area contributed by atoms with Gasteiger partial charge in [0.15, 0.2) is 11.6 Å². The number of amides is 1. The molecule has 0 aromatic carbocycles. The van der Waals surface area contributed by atoms with Crippen molar-refractivity contribution in [2.45, 2.75) is 32.7 Å². The van der Waals surface area contributed by atoms with E-state index in [9.17, 15) is 4.79 Å². The third-order valence-corrected chi connectivity index (χ3v) is 4.65. The molecule has 6 nitrogen and oxygen atoms in total. The van der Waals surface area contributed by atoms with E-state index in [-0.39, 0.29) is 17.4 Å². The van der Waals surface area contributed by atoms with Gasteiger partial charge in [-0.2, -0.15) is 0 Å². The van der Waals surface area contributed by atoms with Crippen LogP contribution in [0.4, 0.5) is 0 Å². The van der Waals surface area contributed by atoms with Gasteiger partial charge < -0.3 is 9.73 Å². The number of rotatable bonds is 3. The number of nitrogens with zero attached hydrogens (tertiary/aromatic N) is 3. The average molecular weight is 348 g/mol. The lowest BCUT2D eigenvalue weighted by Gasteiger charge is -2.36. The summed E-state index contributed by atoms with van der Waals surface area (Å²) >= 11 is 0. The number of carbonyl (C=O) groups is 1. The molecule has 0 saturated heterocycles. The number of pyridine rings is 1. The van der Waals surface area contributed by atoms with Gasteiger partial charge in [0.05, 0.1) is 18.0 Å². The summed E-state index contributed by atoms with van der Waals surface area (Å²) in [5.74, 6) is 0.744. The van der Waals surface area contributed by atoms with Crippen molar-refractivity contribution < 1.29 is 9.21 Å². The number of hydrogen-bond acceptors (Lipinski definition) is 5. The van der Waals surface area contributed by atoms with E-state index in [1.807, 2.05) is 18.3 Å². The van der Waals surface area contributed by atoms with E-state index in [1.165, 1.54) is 6.26 Å². The fraction of sp³-hybridized carbons (Fsp3) is 0.300. The Kier molecular flexibility index (Phi) is 4.03. The summed E-state index contributed by atoms with van der Waals surface area (Å²) in [4.78, 5) is 25.8. The molecule has 0 saturated carbocycles. The minimum absolute atomic E-state index is 0.0225. The predicted octanol–water partition coefficient (Wildman–Crippen LogP) is 3.58. The summed E-state index contributed by atoms with van der Waals surface area (Å²) in [6.45, 7) is 4.38. The van der Waals surface area contributed by atoms with Gasteiger partial charge in [-0.25, -0.2) is 9.97 Å². The molecule has 26 heavy (non-hydrogen) atoms. The molecule has 6 heteroatoms. The van der Waals surface area contributed by atoms with Crippen LogP contribution in [0, 0.1) is 5.41 Å². The third kappa shape index (κ3) is 3.22. The smallest absolute Gasteiger partial charge is 0.287 e. The average Bonchev–Trinajstić information content (AvgIpc) is 3.16. The Hall–Kier alpha value is -3.02. The van der Waals surface area contributed by atoms with Crippen molar-refractivity contribution in [3.63, 3.8) is 0 Å². The number of aromatic nitrogens is 3. The highest BCUT2D eigenvalue weighted by Crippen LogP contribution is 2.40. The molecule has 132 valence electrons. The van der Waals surface area contributed by atoms with Gasteiger partial charge in [-0.05, 0) is 42.5 Å². The van der Waals surface area contributed by atoms with Crippen LogP contribution in [0.1, 0.15) is 48.1 Å². The molecule has 0 bridgehead atoms. The molecule has 1 aliphatic rings. The molecular formula is C20H20N4O2. The molecule has 3 heterocycles. The Bertz CT molecular complexity index is 920. The van der Waals surface area contributed by atoms with Crippen LogP contribution in [0.5, 0.6) is 0 Å². The Morgan fingerprint density at radius 3 is 2.88 bits per heavy atom. The number of carbonyl (C=O) groups excluding carboxylic acids is 1. The molecule has 1 aliphatic carbocycles. The van der Waals surface area contributed by atoms with Gasteiger partial charge >= 0.3 is 0 Å². The lowest BCUT2D eigenvalue weighted by molar-refractivity contribution is 0.0890. The summed E-state index contributed by atoms with van der Waals surface area (Å²) in [6.07, 6.45) is 8.47. The van der Waals surface area contributed by atoms with Crippen molar-refractivity contribution in [1.29, 1.82) is 0 Å². The predicted molar refractivity (Wildman–Crippen MR) is 96.3 cm³/mol. The molecule has 0 radical (unpaired) electrons. The zero-order valence-electron chi connectivity index (χ0n) is 14.8. The second-order valence-corrected chi connectivity index (χ2v) is 7.39. The molecule has 1 amide bonds. The van der Waals surface area contributed by atoms with E-state index in [1.54, 1.807) is 24.5 Å². The van der Waals surface area contributed by atoms with Crippen LogP contribution in [0.25, 0.3) is 11.4 Å². The standard InChI is InChI=1S/C20H20N4O2/c1-20(2)9-15-14(12-22-18(23-15)13-5-3-7-21-11-13)16(10-20)24-19(25)17-6-4-8-26-17/h3-8,11-12,16H,9-10H2,1-2H3,(H,24,25)/t16-/m0/s1. The van der Waals surface area contributed by atoms with Gasteiger partial charge in [0, 0.05) is 29.7 Å². The first kappa shape index (κ1) is 16.4. The Labute approximate surface area is 151 Å². The maximum atomic E-state index is 12.4. The highest BCUT2D eigenvalue weighted by molar-refractivity contribution is 5.91. The van der Waals surface area contributed by atoms with Crippen molar-refractivity contribution in [2.75, 3.05) is 0 Å². The molecule has 0 unspecified atom stereocenters. The summed E-state index contributed by atoms with van der Waals surface area (Å²) < 4.78 is 5.20. The number of hydrogen-bond donors (Lipinski definition) is 1. The summed E-state index contributed by atoms with van der Waals surface area (Å²) in [6, 6.07) is 7.03. The monoisotopic (exact) mass is 348 g/mol. The second kappa shape index (κ2) is 6.37. The number of nitrogens with one attached hydrogen (secondary N) is 1. The quantitative estimate of drug-likeness (QED) is 0.782. The Balaban J connectivity index is 1.67. The largest absolute Gasteiger partial charge is 0.459 e. The van der Waals surface area contributed by atoms with Crippen LogP contribution in [-0.4, -0.2) is 20.9 Å². The molecule has 0 spiro atoms. The first-order valence-corrected chi connectivity index (χ1v) is 8.62. The topological polar surface area (TPSA) is 80.9 Å². The van der Waals surface area contributed by atoms with Crippen LogP contribution >= 0.6 is 0 Å². The lowest BCUT2D eigenvalue weighted by atomic mass is 9.74. The minimum Gasteiger partial charge on any atom is -0.459 e. The van der Waals surface area contributed by atoms with Crippen molar-refractivity contribution in [2.24, 2.45) is 5.41 Å². The maximum Gasteiger partial charge on any atom is 0.287 e. The van der Waals surface area contributed by atoms with Crippen LogP contribution in [0.15, 0.2) is 53.5 Å². The van der Waals surface area contributed by atoms with E-state index < -0.39 is 0 Å². The van der Waals surface area contributed by atoms with Gasteiger partial charge in [0.2, 0.25) is 0 Å². The first-order chi connectivity index (χ1) is 12.5. The summed E-state index contributed by atoms with van der Waals surface area (Å²) in [7, 11) is 0. The number of fused-ring (bicyclic) bond motifs is 1. The van der Waals surface area contributed by atoms with Crippen molar-refractivity contribution in [3.8, 4) is 11.4 Å². The summed E-state index contributed by atoms with van der Waals surface area (Å²) in [5, 5.41) is 3.07. The molecule has 0 fully saturated rings. The van der Waals surface area contributed by atoms with Gasteiger partial charge in [-0.3, -0.25) is 9.78 Å². The van der Waals surface area contributed by atoms with Crippen molar-refractivity contribution in [1.82, 2.24) is 20.3 Å². The summed E-state index contributed by atoms with van der Waals surface area (Å²) in [5.41, 5.74) is 2.85. The normalized spacial score (nSPS) is 18.2.